The average molecular weight is 195 g/mol. The molecule has 0 unspecified atom stereocenters. The molecule has 0 heterocycles. The van der Waals surface area contributed by atoms with E-state index in [1.165, 1.54) is 19.3 Å². The number of rotatable bonds is 2. The summed E-state index contributed by atoms with van der Waals surface area (Å²) in [5.41, 5.74) is 0.582. The van der Waals surface area contributed by atoms with Crippen LogP contribution in [0.3, 0.4) is 0 Å². The van der Waals surface area contributed by atoms with Gasteiger partial charge in [0.2, 0.25) is 0 Å². The predicted molar refractivity (Wildman–Crippen MR) is 61.2 cm³/mol. The van der Waals surface area contributed by atoms with Gasteiger partial charge in [0.15, 0.2) is 0 Å². The Labute approximate surface area is 88.7 Å². The molecule has 0 radical (unpaired) electrons. The third-order valence-electron chi connectivity index (χ3n) is 5.32. The van der Waals surface area contributed by atoms with Gasteiger partial charge in [-0.2, -0.15) is 0 Å². The fourth-order valence-corrected chi connectivity index (χ4v) is 4.18. The summed E-state index contributed by atoms with van der Waals surface area (Å²) in [6.45, 7) is 10.8. The lowest BCUT2D eigenvalue weighted by Gasteiger charge is -2.41. The van der Waals surface area contributed by atoms with Crippen LogP contribution < -0.4 is 5.32 Å². The zero-order chi connectivity index (χ0) is 10.3. The molecule has 0 saturated heterocycles. The quantitative estimate of drug-likeness (QED) is 0.714. The van der Waals surface area contributed by atoms with Crippen molar-refractivity contribution in [2.24, 2.45) is 23.2 Å². The molecular formula is C13H25N. The second-order valence-corrected chi connectivity index (χ2v) is 5.75. The van der Waals surface area contributed by atoms with Crippen molar-refractivity contribution >= 4 is 0 Å². The van der Waals surface area contributed by atoms with E-state index in [2.05, 4.69) is 33.0 Å². The first-order chi connectivity index (χ1) is 6.61. The van der Waals surface area contributed by atoms with Crippen molar-refractivity contribution in [3.63, 3.8) is 0 Å². The van der Waals surface area contributed by atoms with E-state index in [1.807, 2.05) is 0 Å². The Morgan fingerprint density at radius 2 is 2.07 bits per heavy atom. The first-order valence-corrected chi connectivity index (χ1v) is 6.34. The van der Waals surface area contributed by atoms with E-state index < -0.39 is 0 Å². The normalized spacial score (nSPS) is 52.3. The molecule has 82 valence electrons. The summed E-state index contributed by atoms with van der Waals surface area (Å²) in [4.78, 5) is 0. The maximum atomic E-state index is 3.75. The highest BCUT2D eigenvalue weighted by molar-refractivity contribution is 5.07. The summed E-state index contributed by atoms with van der Waals surface area (Å²) < 4.78 is 0. The summed E-state index contributed by atoms with van der Waals surface area (Å²) in [6, 6.07) is 0.797. The zero-order valence-electron chi connectivity index (χ0n) is 10.1. The lowest BCUT2D eigenvalue weighted by molar-refractivity contribution is 0.130. The Balaban J connectivity index is 2.25. The first kappa shape index (κ1) is 10.5. The smallest absolute Gasteiger partial charge is 0.0154 e. The zero-order valence-corrected chi connectivity index (χ0v) is 10.1. The molecule has 2 saturated carbocycles. The minimum atomic E-state index is 0.582. The summed E-state index contributed by atoms with van der Waals surface area (Å²) in [6.07, 6.45) is 4.35. The molecular weight excluding hydrogens is 170 g/mol. The summed E-state index contributed by atoms with van der Waals surface area (Å²) in [5, 5.41) is 3.75. The van der Waals surface area contributed by atoms with Crippen LogP contribution >= 0.6 is 0 Å². The van der Waals surface area contributed by atoms with E-state index in [4.69, 9.17) is 0 Å². The maximum absolute atomic E-state index is 3.75. The highest BCUT2D eigenvalue weighted by Crippen LogP contribution is 2.57. The van der Waals surface area contributed by atoms with E-state index in [0.717, 1.165) is 30.3 Å². The Morgan fingerprint density at radius 1 is 1.36 bits per heavy atom. The third kappa shape index (κ3) is 1.25. The molecule has 2 rings (SSSR count). The van der Waals surface area contributed by atoms with Gasteiger partial charge in [0, 0.05) is 6.04 Å². The highest BCUT2D eigenvalue weighted by atomic mass is 15.0. The standard InChI is InChI=1S/C13H25N/c1-5-14-12-11-7-6-8-13(12,4)10(3)9(11)2/h9-12,14H,5-8H2,1-4H3/t9-,10+,11-,12-,13+/m1/s1. The molecule has 1 N–H and O–H groups in total. The summed E-state index contributed by atoms with van der Waals surface area (Å²) in [7, 11) is 0. The molecule has 14 heavy (non-hydrogen) atoms. The van der Waals surface area contributed by atoms with E-state index in [1.54, 1.807) is 0 Å². The Kier molecular flexibility index (Phi) is 2.63. The van der Waals surface area contributed by atoms with E-state index >= 15 is 0 Å². The van der Waals surface area contributed by atoms with Crippen molar-refractivity contribution in [3.8, 4) is 0 Å². The monoisotopic (exact) mass is 195 g/mol. The van der Waals surface area contributed by atoms with Crippen LogP contribution in [-0.4, -0.2) is 12.6 Å². The predicted octanol–water partition coefficient (Wildman–Crippen LogP) is 3.06. The molecule has 5 atom stereocenters. The molecule has 2 aliphatic rings. The minimum Gasteiger partial charge on any atom is -0.313 e. The van der Waals surface area contributed by atoms with Crippen LogP contribution in [0.1, 0.15) is 47.0 Å². The summed E-state index contributed by atoms with van der Waals surface area (Å²) in [5.74, 6) is 2.77. The molecule has 0 aromatic rings. The molecule has 0 aliphatic heterocycles. The average Bonchev–Trinajstić information content (AvgIpc) is 2.29. The highest BCUT2D eigenvalue weighted by Gasteiger charge is 2.55. The molecule has 1 nitrogen and oxygen atoms in total. The van der Waals surface area contributed by atoms with Gasteiger partial charge in [-0.3, -0.25) is 0 Å². The molecule has 0 amide bonds. The van der Waals surface area contributed by atoms with Gasteiger partial charge in [0.1, 0.15) is 0 Å². The van der Waals surface area contributed by atoms with Gasteiger partial charge in [-0.15, -0.1) is 0 Å². The van der Waals surface area contributed by atoms with Crippen LogP contribution in [0.2, 0.25) is 0 Å². The fraction of sp³-hybridized carbons (Fsp3) is 1.00. The lowest BCUT2D eigenvalue weighted by atomic mass is 9.70. The van der Waals surface area contributed by atoms with Crippen molar-refractivity contribution in [2.45, 2.75) is 53.0 Å². The van der Waals surface area contributed by atoms with Crippen LogP contribution in [0.15, 0.2) is 0 Å². The number of hydrogen-bond acceptors (Lipinski definition) is 1. The fourth-order valence-electron chi connectivity index (χ4n) is 4.18. The minimum absolute atomic E-state index is 0.582. The molecule has 2 fully saturated rings. The van der Waals surface area contributed by atoms with Crippen molar-refractivity contribution in [2.75, 3.05) is 6.54 Å². The van der Waals surface area contributed by atoms with Gasteiger partial charge < -0.3 is 5.32 Å². The summed E-state index contributed by atoms with van der Waals surface area (Å²) >= 11 is 0. The van der Waals surface area contributed by atoms with Gasteiger partial charge in [-0.05, 0) is 42.6 Å². The van der Waals surface area contributed by atoms with Gasteiger partial charge in [-0.25, -0.2) is 0 Å². The number of hydrogen-bond donors (Lipinski definition) is 1. The number of fused-ring (bicyclic) bond motifs is 2. The molecule has 0 aromatic carbocycles. The second-order valence-electron chi connectivity index (χ2n) is 5.75. The van der Waals surface area contributed by atoms with Gasteiger partial charge in [-0.1, -0.05) is 34.1 Å². The number of nitrogens with one attached hydrogen (secondary N) is 1. The lowest BCUT2D eigenvalue weighted by Crippen LogP contribution is -2.47. The molecule has 2 bridgehead atoms. The van der Waals surface area contributed by atoms with Crippen molar-refractivity contribution in [1.29, 1.82) is 0 Å². The van der Waals surface area contributed by atoms with E-state index in [-0.39, 0.29) is 0 Å². The van der Waals surface area contributed by atoms with Gasteiger partial charge in [0.05, 0.1) is 0 Å². The van der Waals surface area contributed by atoms with Crippen LogP contribution in [0.25, 0.3) is 0 Å². The van der Waals surface area contributed by atoms with Gasteiger partial charge >= 0.3 is 0 Å². The van der Waals surface area contributed by atoms with Crippen LogP contribution in [0.4, 0.5) is 0 Å². The molecule has 0 aromatic heterocycles. The SMILES string of the molecule is CCN[C@@H]1[C@@H]2CCC[C@@]1(C)[C@@H](C)[C@H]2C. The topological polar surface area (TPSA) is 12.0 Å². The van der Waals surface area contributed by atoms with Crippen LogP contribution in [0.5, 0.6) is 0 Å². The largest absolute Gasteiger partial charge is 0.313 e. The maximum Gasteiger partial charge on any atom is 0.0154 e. The van der Waals surface area contributed by atoms with Crippen molar-refractivity contribution < 1.29 is 0 Å². The van der Waals surface area contributed by atoms with Crippen LogP contribution in [-0.2, 0) is 0 Å². The Hall–Kier alpha value is -0.0400. The van der Waals surface area contributed by atoms with Crippen molar-refractivity contribution in [1.82, 2.24) is 5.32 Å². The Morgan fingerprint density at radius 3 is 2.64 bits per heavy atom. The van der Waals surface area contributed by atoms with Gasteiger partial charge in [0.25, 0.3) is 0 Å². The Bertz CT molecular complexity index is 213. The van der Waals surface area contributed by atoms with Crippen molar-refractivity contribution in [3.05, 3.63) is 0 Å². The molecule has 1 heteroatoms. The van der Waals surface area contributed by atoms with E-state index in [0.29, 0.717) is 5.41 Å². The van der Waals surface area contributed by atoms with Crippen LogP contribution in [0, 0.1) is 23.2 Å². The second kappa shape index (κ2) is 3.52. The van der Waals surface area contributed by atoms with E-state index in [9.17, 15) is 0 Å². The third-order valence-corrected chi connectivity index (χ3v) is 5.32. The first-order valence-electron chi connectivity index (χ1n) is 6.34. The molecule has 2 aliphatic carbocycles. The molecule has 0 spiro atoms.